The fourth-order valence-corrected chi connectivity index (χ4v) is 3.71. The summed E-state index contributed by atoms with van der Waals surface area (Å²) in [6.45, 7) is 0. The molecule has 3 rings (SSSR count). The largest absolute Gasteiger partial charge is 0.317 e. The van der Waals surface area contributed by atoms with Gasteiger partial charge in [0.05, 0.1) is 21.2 Å². The van der Waals surface area contributed by atoms with Crippen LogP contribution in [0.2, 0.25) is 5.02 Å². The molecule has 0 spiro atoms. The first-order valence-corrected chi connectivity index (χ1v) is 9.77. The van der Waals surface area contributed by atoms with Crippen molar-refractivity contribution in [2.24, 2.45) is 0 Å². The van der Waals surface area contributed by atoms with Gasteiger partial charge in [-0.25, -0.2) is 17.2 Å². The van der Waals surface area contributed by atoms with Gasteiger partial charge in [0.15, 0.2) is 0 Å². The molecule has 0 bridgehead atoms. The Morgan fingerprint density at radius 1 is 0.893 bits per heavy atom. The van der Waals surface area contributed by atoms with Crippen molar-refractivity contribution in [1.29, 1.82) is 0 Å². The van der Waals surface area contributed by atoms with E-state index in [9.17, 15) is 22.0 Å². The van der Waals surface area contributed by atoms with E-state index < -0.39 is 33.3 Å². The molecular formula is C19H13ClF2N2O3S. The third-order valence-corrected chi connectivity index (χ3v) is 5.43. The van der Waals surface area contributed by atoms with Gasteiger partial charge >= 0.3 is 0 Å². The first-order chi connectivity index (χ1) is 13.3. The molecule has 2 N–H and O–H groups in total. The van der Waals surface area contributed by atoms with Gasteiger partial charge in [0.1, 0.15) is 17.3 Å². The number of carbonyl (C=O) groups is 1. The van der Waals surface area contributed by atoms with Gasteiger partial charge in [-0.3, -0.25) is 9.52 Å². The predicted octanol–water partition coefficient (Wildman–Crippen LogP) is 4.67. The van der Waals surface area contributed by atoms with Crippen molar-refractivity contribution in [3.05, 3.63) is 89.0 Å². The smallest absolute Gasteiger partial charge is 0.261 e. The van der Waals surface area contributed by atoms with E-state index in [4.69, 9.17) is 11.6 Å². The van der Waals surface area contributed by atoms with Gasteiger partial charge in [0.2, 0.25) is 0 Å². The van der Waals surface area contributed by atoms with E-state index in [-0.39, 0.29) is 21.2 Å². The molecule has 3 aromatic carbocycles. The molecule has 0 aliphatic rings. The van der Waals surface area contributed by atoms with E-state index in [1.54, 1.807) is 18.2 Å². The second-order valence-corrected chi connectivity index (χ2v) is 7.75. The van der Waals surface area contributed by atoms with E-state index in [1.165, 1.54) is 36.4 Å². The number of benzene rings is 3. The minimum Gasteiger partial charge on any atom is -0.317 e. The van der Waals surface area contributed by atoms with Gasteiger partial charge in [0.25, 0.3) is 15.9 Å². The van der Waals surface area contributed by atoms with Crippen LogP contribution in [0, 0.1) is 11.6 Å². The maximum atomic E-state index is 13.7. The van der Waals surface area contributed by atoms with Crippen LogP contribution >= 0.6 is 11.6 Å². The quantitative estimate of drug-likeness (QED) is 0.627. The Morgan fingerprint density at radius 3 is 2.14 bits per heavy atom. The monoisotopic (exact) mass is 422 g/mol. The summed E-state index contributed by atoms with van der Waals surface area (Å²) in [7, 11) is -3.83. The molecule has 0 aliphatic heterocycles. The van der Waals surface area contributed by atoms with Gasteiger partial charge in [-0.1, -0.05) is 35.9 Å². The Bertz CT molecular complexity index is 1120. The third kappa shape index (κ3) is 4.29. The van der Waals surface area contributed by atoms with Crippen LogP contribution in [0.4, 0.5) is 20.2 Å². The second kappa shape index (κ2) is 7.95. The van der Waals surface area contributed by atoms with Crippen LogP contribution in [0.1, 0.15) is 10.4 Å². The van der Waals surface area contributed by atoms with E-state index >= 15 is 0 Å². The van der Waals surface area contributed by atoms with Crippen molar-refractivity contribution in [2.45, 2.75) is 4.90 Å². The zero-order valence-electron chi connectivity index (χ0n) is 14.1. The van der Waals surface area contributed by atoms with Crippen LogP contribution in [0.3, 0.4) is 0 Å². The minimum absolute atomic E-state index is 0.0583. The molecule has 0 unspecified atom stereocenters. The summed E-state index contributed by atoms with van der Waals surface area (Å²) in [6.07, 6.45) is 0. The van der Waals surface area contributed by atoms with E-state index in [2.05, 4.69) is 10.0 Å². The topological polar surface area (TPSA) is 75.3 Å². The highest BCUT2D eigenvalue weighted by atomic mass is 35.5. The number of amides is 1. The van der Waals surface area contributed by atoms with Crippen molar-refractivity contribution in [3.63, 3.8) is 0 Å². The lowest BCUT2D eigenvalue weighted by Crippen LogP contribution is -2.16. The van der Waals surface area contributed by atoms with Crippen LogP contribution < -0.4 is 10.0 Å². The van der Waals surface area contributed by atoms with Gasteiger partial charge in [0, 0.05) is 0 Å². The van der Waals surface area contributed by atoms with Gasteiger partial charge in [-0.2, -0.15) is 0 Å². The van der Waals surface area contributed by atoms with E-state index in [1.807, 2.05) is 0 Å². The lowest BCUT2D eigenvalue weighted by Gasteiger charge is -2.11. The zero-order chi connectivity index (χ0) is 20.3. The van der Waals surface area contributed by atoms with Crippen LogP contribution in [0.25, 0.3) is 0 Å². The normalized spacial score (nSPS) is 11.1. The highest BCUT2D eigenvalue weighted by Gasteiger charge is 2.18. The summed E-state index contributed by atoms with van der Waals surface area (Å²) < 4.78 is 54.4. The van der Waals surface area contributed by atoms with Crippen molar-refractivity contribution in [3.8, 4) is 0 Å². The van der Waals surface area contributed by atoms with Crippen LogP contribution in [0.5, 0.6) is 0 Å². The number of nitrogens with one attached hydrogen (secondary N) is 2. The molecule has 0 heterocycles. The summed E-state index contributed by atoms with van der Waals surface area (Å²) in [4.78, 5) is 12.3. The Kier molecular flexibility index (Phi) is 5.62. The molecule has 0 atom stereocenters. The first kappa shape index (κ1) is 19.8. The highest BCUT2D eigenvalue weighted by molar-refractivity contribution is 7.92. The van der Waals surface area contributed by atoms with Gasteiger partial charge in [-0.05, 0) is 42.5 Å². The minimum atomic E-state index is -3.83. The summed E-state index contributed by atoms with van der Waals surface area (Å²) in [6, 6.07) is 14.7. The molecule has 144 valence electrons. The molecule has 3 aromatic rings. The number of sulfonamides is 1. The number of hydrogen-bond acceptors (Lipinski definition) is 3. The molecule has 28 heavy (non-hydrogen) atoms. The molecule has 5 nitrogen and oxygen atoms in total. The van der Waals surface area contributed by atoms with E-state index in [0.29, 0.717) is 0 Å². The summed E-state index contributed by atoms with van der Waals surface area (Å²) in [5.74, 6) is -2.71. The van der Waals surface area contributed by atoms with Crippen molar-refractivity contribution < 1.29 is 22.0 Å². The number of halogens is 3. The van der Waals surface area contributed by atoms with E-state index in [0.717, 1.165) is 12.1 Å². The Labute approximate surface area is 165 Å². The van der Waals surface area contributed by atoms with Gasteiger partial charge < -0.3 is 5.32 Å². The molecule has 0 aromatic heterocycles. The fourth-order valence-electron chi connectivity index (χ4n) is 2.37. The molecule has 0 aliphatic carbocycles. The lowest BCUT2D eigenvalue weighted by molar-refractivity contribution is 0.102. The molecule has 0 radical (unpaired) electrons. The summed E-state index contributed by atoms with van der Waals surface area (Å²) in [5, 5.41) is 2.02. The molecule has 0 saturated carbocycles. The summed E-state index contributed by atoms with van der Waals surface area (Å²) >= 11 is 6.06. The SMILES string of the molecule is O=C(Nc1c(F)cccc1F)c1ccc(NS(=O)(=O)c2ccccc2)cc1Cl. The van der Waals surface area contributed by atoms with Crippen LogP contribution in [-0.4, -0.2) is 14.3 Å². The average molecular weight is 423 g/mol. The average Bonchev–Trinajstić information content (AvgIpc) is 2.65. The third-order valence-electron chi connectivity index (χ3n) is 3.72. The van der Waals surface area contributed by atoms with Crippen molar-refractivity contribution in [1.82, 2.24) is 0 Å². The number of rotatable bonds is 5. The van der Waals surface area contributed by atoms with Crippen molar-refractivity contribution >= 4 is 38.9 Å². The Balaban J connectivity index is 1.82. The maximum absolute atomic E-state index is 13.7. The molecule has 9 heteroatoms. The molecule has 0 saturated heterocycles. The lowest BCUT2D eigenvalue weighted by atomic mass is 10.2. The highest BCUT2D eigenvalue weighted by Crippen LogP contribution is 2.25. The summed E-state index contributed by atoms with van der Waals surface area (Å²) in [5.41, 5.74) is -0.549. The molecule has 0 fully saturated rings. The second-order valence-electron chi connectivity index (χ2n) is 5.66. The number of para-hydroxylation sites is 1. The molecule has 1 amide bonds. The standard InChI is InChI=1S/C19H13ClF2N2O3S/c20-15-11-12(24-28(26,27)13-5-2-1-3-6-13)9-10-14(15)19(25)23-18-16(21)7-4-8-17(18)22/h1-11,24H,(H,23,25). The fraction of sp³-hybridized carbons (Fsp3) is 0. The Morgan fingerprint density at radius 2 is 1.54 bits per heavy atom. The Hall–Kier alpha value is -2.97. The number of carbonyl (C=O) groups excluding carboxylic acids is 1. The van der Waals surface area contributed by atoms with Crippen molar-refractivity contribution in [2.75, 3.05) is 10.0 Å². The van der Waals surface area contributed by atoms with Crippen LogP contribution in [0.15, 0.2) is 71.6 Å². The predicted molar refractivity (Wildman–Crippen MR) is 103 cm³/mol. The van der Waals surface area contributed by atoms with Crippen LogP contribution in [-0.2, 0) is 10.0 Å². The zero-order valence-corrected chi connectivity index (χ0v) is 15.7. The molecular weight excluding hydrogens is 410 g/mol. The number of hydrogen-bond donors (Lipinski definition) is 2. The maximum Gasteiger partial charge on any atom is 0.261 e. The van der Waals surface area contributed by atoms with Gasteiger partial charge in [-0.15, -0.1) is 0 Å². The number of anilines is 2. The first-order valence-electron chi connectivity index (χ1n) is 7.91.